The van der Waals surface area contributed by atoms with Crippen molar-refractivity contribution in [3.05, 3.63) is 42.0 Å². The van der Waals surface area contributed by atoms with Crippen LogP contribution in [0, 0.1) is 35.5 Å². The van der Waals surface area contributed by atoms with Crippen molar-refractivity contribution in [2.45, 2.75) is 6.42 Å². The van der Waals surface area contributed by atoms with Gasteiger partial charge < -0.3 is 4.74 Å². The van der Waals surface area contributed by atoms with Gasteiger partial charge in [0.15, 0.2) is 0 Å². The van der Waals surface area contributed by atoms with E-state index >= 15 is 0 Å². The van der Waals surface area contributed by atoms with E-state index in [1.165, 1.54) is 6.42 Å². The van der Waals surface area contributed by atoms with Crippen molar-refractivity contribution in [1.82, 2.24) is 5.01 Å². The van der Waals surface area contributed by atoms with Crippen LogP contribution in [0.5, 0.6) is 5.75 Å². The van der Waals surface area contributed by atoms with Crippen molar-refractivity contribution in [3.8, 4) is 5.75 Å². The Morgan fingerprint density at radius 3 is 2.17 bits per heavy atom. The van der Waals surface area contributed by atoms with Crippen molar-refractivity contribution in [2.75, 3.05) is 7.11 Å². The molecule has 0 radical (unpaired) electrons. The summed E-state index contributed by atoms with van der Waals surface area (Å²) in [5.41, 5.74) is 0.829. The lowest BCUT2D eigenvalue weighted by molar-refractivity contribution is -0.140. The highest BCUT2D eigenvalue weighted by atomic mass is 16.5. The maximum atomic E-state index is 12.8. The molecule has 1 aromatic rings. The third kappa shape index (κ3) is 1.78. The van der Waals surface area contributed by atoms with Crippen LogP contribution in [0.1, 0.15) is 12.0 Å². The van der Waals surface area contributed by atoms with Gasteiger partial charge in [0, 0.05) is 0 Å². The normalized spacial score (nSPS) is 38.6. The molecule has 1 aliphatic heterocycles. The zero-order chi connectivity index (χ0) is 16.4. The molecular formula is C19H18N2O3. The third-order valence-corrected chi connectivity index (χ3v) is 6.08. The van der Waals surface area contributed by atoms with Gasteiger partial charge >= 0.3 is 0 Å². The van der Waals surface area contributed by atoms with Gasteiger partial charge in [-0.2, -0.15) is 10.1 Å². The highest BCUT2D eigenvalue weighted by Crippen LogP contribution is 2.65. The fraction of sp³-hybridized carbons (Fsp3) is 0.421. The second-order valence-electron chi connectivity index (χ2n) is 7.16. The number of hydrogen-bond donors (Lipinski definition) is 0. The number of methoxy groups -OCH3 is 1. The summed E-state index contributed by atoms with van der Waals surface area (Å²) in [5.74, 6) is 1.83. The lowest BCUT2D eigenvalue weighted by Crippen LogP contribution is -2.40. The van der Waals surface area contributed by atoms with E-state index in [0.29, 0.717) is 11.8 Å². The van der Waals surface area contributed by atoms with Gasteiger partial charge in [0.1, 0.15) is 5.75 Å². The zero-order valence-electron chi connectivity index (χ0n) is 13.3. The Kier molecular flexibility index (Phi) is 2.78. The maximum absolute atomic E-state index is 12.8. The molecule has 122 valence electrons. The molecule has 1 aromatic carbocycles. The van der Waals surface area contributed by atoms with E-state index in [9.17, 15) is 9.59 Å². The van der Waals surface area contributed by atoms with Crippen molar-refractivity contribution in [1.29, 1.82) is 0 Å². The van der Waals surface area contributed by atoms with E-state index in [-0.39, 0.29) is 35.5 Å². The first-order chi connectivity index (χ1) is 11.7. The Bertz CT molecular complexity index is 746. The van der Waals surface area contributed by atoms with Gasteiger partial charge in [-0.3, -0.25) is 9.59 Å². The predicted octanol–water partition coefficient (Wildman–Crippen LogP) is 2.08. The topological polar surface area (TPSA) is 59.0 Å². The van der Waals surface area contributed by atoms with Gasteiger partial charge in [-0.25, -0.2) is 0 Å². The Morgan fingerprint density at radius 1 is 1.04 bits per heavy atom. The highest BCUT2D eigenvalue weighted by Gasteiger charge is 2.67. The number of hydrogen-bond acceptors (Lipinski definition) is 4. The van der Waals surface area contributed by atoms with E-state index in [1.807, 2.05) is 24.3 Å². The van der Waals surface area contributed by atoms with Gasteiger partial charge in [0.25, 0.3) is 11.8 Å². The monoisotopic (exact) mass is 322 g/mol. The largest absolute Gasteiger partial charge is 0.497 e. The van der Waals surface area contributed by atoms with Gasteiger partial charge in [-0.15, -0.1) is 0 Å². The number of amides is 2. The van der Waals surface area contributed by atoms with Gasteiger partial charge in [-0.05, 0) is 59.9 Å². The number of carbonyl (C=O) groups excluding carboxylic acids is 2. The number of carbonyl (C=O) groups is 2. The van der Waals surface area contributed by atoms with E-state index in [0.717, 1.165) is 16.3 Å². The number of rotatable bonds is 3. The molecule has 0 spiro atoms. The van der Waals surface area contributed by atoms with Crippen molar-refractivity contribution >= 4 is 18.0 Å². The number of benzene rings is 1. The molecule has 1 saturated heterocycles. The van der Waals surface area contributed by atoms with Crippen LogP contribution in [0.2, 0.25) is 0 Å². The van der Waals surface area contributed by atoms with Crippen molar-refractivity contribution < 1.29 is 14.3 Å². The van der Waals surface area contributed by atoms with Crippen LogP contribution in [-0.4, -0.2) is 30.1 Å². The molecule has 5 heteroatoms. The lowest BCUT2D eigenvalue weighted by Gasteiger charge is -2.37. The molecule has 6 atom stereocenters. The fourth-order valence-electron chi connectivity index (χ4n) is 4.87. The minimum Gasteiger partial charge on any atom is -0.497 e. The summed E-state index contributed by atoms with van der Waals surface area (Å²) in [6, 6.07) is 7.35. The number of imide groups is 1. The van der Waals surface area contributed by atoms with Crippen LogP contribution in [0.4, 0.5) is 0 Å². The molecule has 24 heavy (non-hydrogen) atoms. The number of nitrogens with zero attached hydrogens (tertiary/aromatic N) is 2. The molecule has 1 heterocycles. The first kappa shape index (κ1) is 14.0. The minimum absolute atomic E-state index is 0.125. The maximum Gasteiger partial charge on any atom is 0.254 e. The Labute approximate surface area is 140 Å². The molecular weight excluding hydrogens is 304 g/mol. The Balaban J connectivity index is 1.41. The Hall–Kier alpha value is -2.43. The zero-order valence-corrected chi connectivity index (χ0v) is 13.3. The SMILES string of the molecule is COc1ccc(/C=N\N2C(=O)[C@@H]3[C@@H]4C=C[C@H]([C@@H]5C[C@H]45)[C@H]3C2=O)cc1. The van der Waals surface area contributed by atoms with Crippen molar-refractivity contribution in [3.63, 3.8) is 0 Å². The van der Waals surface area contributed by atoms with Gasteiger partial charge in [-0.1, -0.05) is 12.2 Å². The second-order valence-corrected chi connectivity index (χ2v) is 7.16. The van der Waals surface area contributed by atoms with Crippen LogP contribution in [0.15, 0.2) is 41.5 Å². The minimum atomic E-state index is -0.190. The summed E-state index contributed by atoms with van der Waals surface area (Å²) in [7, 11) is 1.61. The molecule has 3 fully saturated rings. The molecule has 4 aliphatic carbocycles. The molecule has 6 rings (SSSR count). The van der Waals surface area contributed by atoms with Crippen molar-refractivity contribution in [2.24, 2.45) is 40.6 Å². The van der Waals surface area contributed by atoms with E-state index in [2.05, 4.69) is 17.3 Å². The number of allylic oxidation sites excluding steroid dienone is 2. The predicted molar refractivity (Wildman–Crippen MR) is 87.1 cm³/mol. The summed E-state index contributed by atoms with van der Waals surface area (Å²) < 4.78 is 5.12. The quantitative estimate of drug-likeness (QED) is 0.486. The summed E-state index contributed by atoms with van der Waals surface area (Å²) in [6.07, 6.45) is 7.08. The average Bonchev–Trinajstić information content (AvgIpc) is 3.39. The van der Waals surface area contributed by atoms with E-state index in [4.69, 9.17) is 4.74 Å². The molecule has 0 aromatic heterocycles. The summed E-state index contributed by atoms with van der Waals surface area (Å²) in [4.78, 5) is 25.5. The first-order valence-electron chi connectivity index (χ1n) is 8.43. The highest BCUT2D eigenvalue weighted by molar-refractivity contribution is 6.06. The van der Waals surface area contributed by atoms with Crippen LogP contribution in [-0.2, 0) is 9.59 Å². The summed E-state index contributed by atoms with van der Waals surface area (Å²) in [6.45, 7) is 0. The fourth-order valence-corrected chi connectivity index (χ4v) is 4.87. The third-order valence-electron chi connectivity index (χ3n) is 6.08. The lowest BCUT2D eigenvalue weighted by atomic mass is 9.63. The molecule has 2 bridgehead atoms. The molecule has 2 saturated carbocycles. The average molecular weight is 322 g/mol. The summed E-state index contributed by atoms with van der Waals surface area (Å²) in [5, 5.41) is 5.32. The molecule has 0 N–H and O–H groups in total. The van der Waals surface area contributed by atoms with Crippen LogP contribution < -0.4 is 4.74 Å². The van der Waals surface area contributed by atoms with Gasteiger partial charge in [0.05, 0.1) is 25.2 Å². The van der Waals surface area contributed by atoms with Gasteiger partial charge in [0.2, 0.25) is 0 Å². The molecule has 0 unspecified atom stereocenters. The molecule has 5 nitrogen and oxygen atoms in total. The molecule has 2 amide bonds. The summed E-state index contributed by atoms with van der Waals surface area (Å²) >= 11 is 0. The Morgan fingerprint density at radius 2 is 1.62 bits per heavy atom. The van der Waals surface area contributed by atoms with E-state index < -0.39 is 0 Å². The number of hydrazone groups is 1. The first-order valence-corrected chi connectivity index (χ1v) is 8.43. The van der Waals surface area contributed by atoms with E-state index in [1.54, 1.807) is 13.3 Å². The standard InChI is InChI=1S/C19H18N2O3/c1-24-11-4-2-10(3-5-11)9-20-21-18(22)16-12-6-7-13(15-8-14(12)15)17(16)19(21)23/h2-7,9,12-17H,8H2,1H3/b20-9-/t12-,13-,14-,15+,16-,17-/m1/s1. The molecule has 5 aliphatic rings. The van der Waals surface area contributed by atoms with Crippen LogP contribution in [0.25, 0.3) is 0 Å². The number of ether oxygens (including phenoxy) is 1. The second kappa shape index (κ2) is 4.79. The van der Waals surface area contributed by atoms with Crippen LogP contribution in [0.3, 0.4) is 0 Å². The smallest absolute Gasteiger partial charge is 0.254 e. The van der Waals surface area contributed by atoms with Crippen LogP contribution >= 0.6 is 0 Å².